The third-order valence-electron chi connectivity index (χ3n) is 3.60. The van der Waals surface area contributed by atoms with Gasteiger partial charge in [0.05, 0.1) is 0 Å². The molecule has 1 atom stereocenters. The lowest BCUT2D eigenvalue weighted by Gasteiger charge is -2.12. The number of hydrogen-bond donors (Lipinski definition) is 3. The highest BCUT2D eigenvalue weighted by atomic mass is 35.5. The van der Waals surface area contributed by atoms with E-state index in [1.165, 1.54) is 0 Å². The van der Waals surface area contributed by atoms with Gasteiger partial charge in [-0.3, -0.25) is 9.59 Å². The number of benzene rings is 2. The fraction of sp³-hybridized carbons (Fsp3) is 0.263. The molecule has 0 aliphatic carbocycles. The number of nitrogens with two attached hydrogens (primary N) is 1. The van der Waals surface area contributed by atoms with E-state index in [-0.39, 0.29) is 36.7 Å². The number of nitrogens with one attached hydrogen (secondary N) is 2. The van der Waals surface area contributed by atoms with E-state index in [0.717, 1.165) is 12.0 Å². The molecule has 0 fully saturated rings. The minimum Gasteiger partial charge on any atom is -0.352 e. The van der Waals surface area contributed by atoms with E-state index in [0.29, 0.717) is 17.8 Å². The first-order valence-corrected chi connectivity index (χ1v) is 8.08. The number of anilines is 1. The molecule has 0 radical (unpaired) electrons. The second kappa shape index (κ2) is 10.5. The first kappa shape index (κ1) is 20.7. The van der Waals surface area contributed by atoms with E-state index in [2.05, 4.69) is 10.6 Å². The summed E-state index contributed by atoms with van der Waals surface area (Å²) in [6.45, 7) is 2.65. The number of amides is 2. The van der Waals surface area contributed by atoms with Crippen molar-refractivity contribution in [2.24, 2.45) is 5.73 Å². The smallest absolute Gasteiger partial charge is 0.251 e. The van der Waals surface area contributed by atoms with Gasteiger partial charge in [-0.15, -0.1) is 12.4 Å². The molecule has 0 aliphatic heterocycles. The van der Waals surface area contributed by atoms with Gasteiger partial charge in [-0.1, -0.05) is 37.3 Å². The van der Waals surface area contributed by atoms with Crippen molar-refractivity contribution < 1.29 is 9.59 Å². The third kappa shape index (κ3) is 6.57. The zero-order valence-electron chi connectivity index (χ0n) is 14.2. The number of rotatable bonds is 7. The first-order chi connectivity index (χ1) is 11.6. The molecule has 4 N–H and O–H groups in total. The van der Waals surface area contributed by atoms with Gasteiger partial charge >= 0.3 is 0 Å². The fourth-order valence-corrected chi connectivity index (χ4v) is 2.28. The lowest BCUT2D eigenvalue weighted by Crippen LogP contribution is -2.24. The van der Waals surface area contributed by atoms with Crippen LogP contribution in [0.5, 0.6) is 0 Å². The summed E-state index contributed by atoms with van der Waals surface area (Å²) in [5.74, 6) is -0.268. The Morgan fingerprint density at radius 2 is 1.68 bits per heavy atom. The van der Waals surface area contributed by atoms with Crippen LogP contribution in [0, 0.1) is 0 Å². The first-order valence-electron chi connectivity index (χ1n) is 8.08. The van der Waals surface area contributed by atoms with Gasteiger partial charge in [-0.2, -0.15) is 0 Å². The van der Waals surface area contributed by atoms with E-state index in [1.807, 2.05) is 37.3 Å². The molecule has 0 aromatic heterocycles. The zero-order chi connectivity index (χ0) is 17.4. The molecule has 0 spiro atoms. The molecular formula is C19H24ClN3O2. The monoisotopic (exact) mass is 361 g/mol. The Labute approximate surface area is 154 Å². The molecule has 2 rings (SSSR count). The van der Waals surface area contributed by atoms with E-state index >= 15 is 0 Å². The molecule has 2 amide bonds. The average molecular weight is 362 g/mol. The van der Waals surface area contributed by atoms with Gasteiger partial charge in [0.2, 0.25) is 5.91 Å². The quantitative estimate of drug-likeness (QED) is 0.707. The third-order valence-corrected chi connectivity index (χ3v) is 3.60. The zero-order valence-corrected chi connectivity index (χ0v) is 15.0. The Kier molecular flexibility index (Phi) is 8.67. The van der Waals surface area contributed by atoms with Crippen LogP contribution in [-0.4, -0.2) is 18.4 Å². The lowest BCUT2D eigenvalue weighted by molar-refractivity contribution is -0.116. The Balaban J connectivity index is 0.00000312. The maximum Gasteiger partial charge on any atom is 0.251 e. The molecule has 0 heterocycles. The highest BCUT2D eigenvalue weighted by Gasteiger charge is 2.12. The summed E-state index contributed by atoms with van der Waals surface area (Å²) in [6, 6.07) is 16.0. The molecule has 5 nitrogen and oxygen atoms in total. The second-order valence-corrected chi connectivity index (χ2v) is 5.60. The Morgan fingerprint density at radius 1 is 1.04 bits per heavy atom. The minimum atomic E-state index is -0.342. The predicted molar refractivity (Wildman–Crippen MR) is 103 cm³/mol. The van der Waals surface area contributed by atoms with Crippen LogP contribution in [0.15, 0.2) is 54.6 Å². The van der Waals surface area contributed by atoms with Crippen molar-refractivity contribution in [3.8, 4) is 0 Å². The predicted octanol–water partition coefficient (Wildman–Crippen LogP) is 3.28. The van der Waals surface area contributed by atoms with Crippen molar-refractivity contribution in [2.45, 2.75) is 25.8 Å². The van der Waals surface area contributed by atoms with Crippen LogP contribution in [0.25, 0.3) is 0 Å². The Hall–Kier alpha value is -2.37. The Morgan fingerprint density at radius 3 is 2.28 bits per heavy atom. The molecule has 0 saturated heterocycles. The van der Waals surface area contributed by atoms with Gasteiger partial charge in [0.25, 0.3) is 5.91 Å². The van der Waals surface area contributed by atoms with Crippen molar-refractivity contribution in [3.63, 3.8) is 0 Å². The summed E-state index contributed by atoms with van der Waals surface area (Å²) in [5, 5.41) is 5.61. The maximum atomic E-state index is 12.1. The average Bonchev–Trinajstić information content (AvgIpc) is 2.61. The highest BCUT2D eigenvalue weighted by molar-refractivity contribution is 5.95. The molecule has 0 bridgehead atoms. The van der Waals surface area contributed by atoms with E-state index in [4.69, 9.17) is 5.73 Å². The largest absolute Gasteiger partial charge is 0.352 e. The van der Waals surface area contributed by atoms with E-state index in [9.17, 15) is 9.59 Å². The standard InChI is InChI=1S/C19H23N3O2.ClH/c1-2-12-21-19(24)15-8-10-16(11-9-15)22-18(23)13-17(20)14-6-4-3-5-7-14;/h3-11,17H,2,12-13,20H2,1H3,(H,21,24)(H,22,23);1H. The van der Waals surface area contributed by atoms with Gasteiger partial charge in [-0.25, -0.2) is 0 Å². The van der Waals surface area contributed by atoms with Crippen molar-refractivity contribution in [2.75, 3.05) is 11.9 Å². The van der Waals surface area contributed by atoms with Crippen molar-refractivity contribution in [3.05, 3.63) is 65.7 Å². The number of hydrogen-bond acceptors (Lipinski definition) is 3. The van der Waals surface area contributed by atoms with Crippen LogP contribution < -0.4 is 16.4 Å². The molecule has 2 aromatic carbocycles. The molecule has 6 heteroatoms. The van der Waals surface area contributed by atoms with Crippen LogP contribution in [0.2, 0.25) is 0 Å². The molecule has 0 saturated carbocycles. The van der Waals surface area contributed by atoms with Crippen molar-refractivity contribution in [1.82, 2.24) is 5.32 Å². The van der Waals surface area contributed by atoms with E-state index < -0.39 is 0 Å². The topological polar surface area (TPSA) is 84.2 Å². The van der Waals surface area contributed by atoms with Gasteiger partial charge in [0.15, 0.2) is 0 Å². The number of carbonyl (C=O) groups is 2. The number of halogens is 1. The van der Waals surface area contributed by atoms with Gasteiger partial charge < -0.3 is 16.4 Å². The molecule has 0 aliphatic rings. The highest BCUT2D eigenvalue weighted by Crippen LogP contribution is 2.15. The molecule has 2 aromatic rings. The van der Waals surface area contributed by atoms with Crippen LogP contribution in [0.4, 0.5) is 5.69 Å². The van der Waals surface area contributed by atoms with Crippen LogP contribution >= 0.6 is 12.4 Å². The summed E-state index contributed by atoms with van der Waals surface area (Å²) in [7, 11) is 0. The van der Waals surface area contributed by atoms with Crippen molar-refractivity contribution in [1.29, 1.82) is 0 Å². The van der Waals surface area contributed by atoms with Crippen molar-refractivity contribution >= 4 is 29.9 Å². The summed E-state index contributed by atoms with van der Waals surface area (Å²) in [5.41, 5.74) is 8.19. The summed E-state index contributed by atoms with van der Waals surface area (Å²) in [6.07, 6.45) is 1.09. The number of carbonyl (C=O) groups excluding carboxylic acids is 2. The molecule has 25 heavy (non-hydrogen) atoms. The molecular weight excluding hydrogens is 338 g/mol. The molecule has 1 unspecified atom stereocenters. The fourth-order valence-electron chi connectivity index (χ4n) is 2.28. The minimum absolute atomic E-state index is 0. The van der Waals surface area contributed by atoms with Gasteiger partial charge in [-0.05, 0) is 36.2 Å². The van der Waals surface area contributed by atoms with E-state index in [1.54, 1.807) is 24.3 Å². The van der Waals surface area contributed by atoms with Gasteiger partial charge in [0, 0.05) is 30.3 Å². The van der Waals surface area contributed by atoms with Crippen LogP contribution in [0.1, 0.15) is 41.7 Å². The van der Waals surface area contributed by atoms with Crippen LogP contribution in [-0.2, 0) is 4.79 Å². The normalized spacial score (nSPS) is 11.1. The molecule has 134 valence electrons. The van der Waals surface area contributed by atoms with Crippen LogP contribution in [0.3, 0.4) is 0 Å². The SMILES string of the molecule is CCCNC(=O)c1ccc(NC(=O)CC(N)c2ccccc2)cc1.Cl. The lowest BCUT2D eigenvalue weighted by atomic mass is 10.0. The summed E-state index contributed by atoms with van der Waals surface area (Å²) < 4.78 is 0. The van der Waals surface area contributed by atoms with Gasteiger partial charge in [0.1, 0.15) is 0 Å². The Bertz CT molecular complexity index is 675. The second-order valence-electron chi connectivity index (χ2n) is 5.60. The summed E-state index contributed by atoms with van der Waals surface area (Å²) >= 11 is 0. The summed E-state index contributed by atoms with van der Waals surface area (Å²) in [4.78, 5) is 23.9. The maximum absolute atomic E-state index is 12.1.